The van der Waals surface area contributed by atoms with Crippen molar-refractivity contribution in [3.63, 3.8) is 0 Å². The van der Waals surface area contributed by atoms with Gasteiger partial charge in [-0.05, 0) is 68.4 Å². The van der Waals surface area contributed by atoms with Crippen molar-refractivity contribution in [1.82, 2.24) is 0 Å². The summed E-state index contributed by atoms with van der Waals surface area (Å²) >= 11 is 0. The van der Waals surface area contributed by atoms with Gasteiger partial charge in [0.1, 0.15) is 23.0 Å². The molecule has 0 radical (unpaired) electrons. The molecule has 5 aromatic carbocycles. The SMILES string of the molecule is Cc1ccc(C(=O)Oc2ccc3c(c2)Oc2cc(OC(=O)c4ccc(C)cc4)ccc2C32OC(=O)c3ccccc32)cc1. The maximum Gasteiger partial charge on any atom is 0.343 e. The van der Waals surface area contributed by atoms with Crippen LogP contribution in [-0.2, 0) is 10.3 Å². The zero-order valence-electron chi connectivity index (χ0n) is 23.3. The maximum absolute atomic E-state index is 13.1. The number of aryl methyl sites for hydroxylation is 2. The average molecular weight is 569 g/mol. The van der Waals surface area contributed by atoms with Crippen molar-refractivity contribution in [3.05, 3.63) is 154 Å². The summed E-state index contributed by atoms with van der Waals surface area (Å²) < 4.78 is 23.9. The molecule has 0 saturated carbocycles. The van der Waals surface area contributed by atoms with Gasteiger partial charge in [0.2, 0.25) is 0 Å². The van der Waals surface area contributed by atoms with E-state index in [-0.39, 0.29) is 11.5 Å². The van der Waals surface area contributed by atoms with Gasteiger partial charge < -0.3 is 18.9 Å². The van der Waals surface area contributed by atoms with Crippen LogP contribution in [0.25, 0.3) is 0 Å². The van der Waals surface area contributed by atoms with Crippen LogP contribution in [0, 0.1) is 13.8 Å². The molecule has 0 bridgehead atoms. The highest BCUT2D eigenvalue weighted by Crippen LogP contribution is 2.57. The van der Waals surface area contributed by atoms with Crippen molar-refractivity contribution < 1.29 is 33.3 Å². The second kappa shape index (κ2) is 9.99. The molecule has 0 aromatic heterocycles. The summed E-state index contributed by atoms with van der Waals surface area (Å²) in [5.74, 6) is -0.354. The van der Waals surface area contributed by atoms with Crippen LogP contribution >= 0.6 is 0 Å². The number of carbonyl (C=O) groups is 3. The van der Waals surface area contributed by atoms with Gasteiger partial charge >= 0.3 is 17.9 Å². The number of carbonyl (C=O) groups excluding carboxylic acids is 3. The molecule has 5 aromatic rings. The molecule has 1 spiro atoms. The Hall–Kier alpha value is -5.69. The first-order chi connectivity index (χ1) is 20.8. The van der Waals surface area contributed by atoms with Gasteiger partial charge in [-0.3, -0.25) is 0 Å². The Morgan fingerprint density at radius 1 is 0.605 bits per heavy atom. The lowest BCUT2D eigenvalue weighted by molar-refractivity contribution is 0.0224. The fraction of sp³-hybridized carbons (Fsp3) is 0.0833. The Kier molecular flexibility index (Phi) is 6.09. The molecule has 0 atom stereocenters. The first-order valence-electron chi connectivity index (χ1n) is 13.7. The molecular weight excluding hydrogens is 544 g/mol. The monoisotopic (exact) mass is 568 g/mol. The molecule has 2 aliphatic rings. The van der Waals surface area contributed by atoms with Crippen LogP contribution in [0.5, 0.6) is 23.0 Å². The number of hydrogen-bond acceptors (Lipinski definition) is 7. The highest BCUT2D eigenvalue weighted by atomic mass is 16.6. The van der Waals surface area contributed by atoms with Gasteiger partial charge in [0, 0.05) is 28.8 Å². The zero-order chi connectivity index (χ0) is 29.7. The van der Waals surface area contributed by atoms with Crippen LogP contribution in [0.1, 0.15) is 58.9 Å². The van der Waals surface area contributed by atoms with Gasteiger partial charge in [-0.15, -0.1) is 0 Å². The van der Waals surface area contributed by atoms with Crippen LogP contribution in [0.4, 0.5) is 0 Å². The smallest absolute Gasteiger partial charge is 0.343 e. The Morgan fingerprint density at radius 2 is 1.09 bits per heavy atom. The van der Waals surface area contributed by atoms with E-state index in [0.717, 1.165) is 11.1 Å². The van der Waals surface area contributed by atoms with Crippen molar-refractivity contribution in [2.45, 2.75) is 19.4 Å². The summed E-state index contributed by atoms with van der Waals surface area (Å²) in [6.07, 6.45) is 0. The van der Waals surface area contributed by atoms with Gasteiger partial charge in [-0.1, -0.05) is 53.6 Å². The quantitative estimate of drug-likeness (QED) is 0.166. The Morgan fingerprint density at radius 3 is 1.60 bits per heavy atom. The molecule has 43 heavy (non-hydrogen) atoms. The highest BCUT2D eigenvalue weighted by molar-refractivity contribution is 5.97. The van der Waals surface area contributed by atoms with Crippen molar-refractivity contribution in [2.75, 3.05) is 0 Å². The molecule has 0 amide bonds. The van der Waals surface area contributed by atoms with Crippen molar-refractivity contribution in [3.8, 4) is 23.0 Å². The second-order valence-electron chi connectivity index (χ2n) is 10.5. The van der Waals surface area contributed by atoms with Gasteiger partial charge in [-0.25, -0.2) is 14.4 Å². The molecule has 0 aliphatic carbocycles. The summed E-state index contributed by atoms with van der Waals surface area (Å²) in [5, 5.41) is 0. The van der Waals surface area contributed by atoms with E-state index in [2.05, 4.69) is 0 Å². The molecule has 0 fully saturated rings. The third-order valence-electron chi connectivity index (χ3n) is 7.65. The lowest BCUT2D eigenvalue weighted by atomic mass is 9.77. The molecule has 2 heterocycles. The maximum atomic E-state index is 13.1. The van der Waals surface area contributed by atoms with Crippen molar-refractivity contribution in [2.24, 2.45) is 0 Å². The largest absolute Gasteiger partial charge is 0.456 e. The van der Waals surface area contributed by atoms with Crippen LogP contribution in [0.2, 0.25) is 0 Å². The molecule has 0 unspecified atom stereocenters. The molecule has 0 N–H and O–H groups in total. The minimum atomic E-state index is -1.32. The number of rotatable bonds is 4. The normalized spacial score (nSPS) is 13.7. The van der Waals surface area contributed by atoms with E-state index in [1.54, 1.807) is 72.8 Å². The molecule has 7 heteroatoms. The molecule has 210 valence electrons. The Labute approximate surface area is 247 Å². The van der Waals surface area contributed by atoms with Crippen LogP contribution < -0.4 is 14.2 Å². The standard InChI is InChI=1S/C36H24O7/c1-21-7-11-23(12-8-21)33(37)40-25-15-17-29-31(19-25)42-32-20-26(41-34(38)24-13-9-22(2)10-14-24)16-18-30(32)36(29)28-6-4-3-5-27(28)35(39)43-36/h3-20H,1-2H3. The van der Waals surface area contributed by atoms with Gasteiger partial charge in [0.25, 0.3) is 0 Å². The predicted octanol–water partition coefficient (Wildman–Crippen LogP) is 7.31. The summed E-state index contributed by atoms with van der Waals surface area (Å²) in [5.41, 5.74) is 3.77. The zero-order valence-corrected chi connectivity index (χ0v) is 23.3. The fourth-order valence-corrected chi connectivity index (χ4v) is 5.47. The van der Waals surface area contributed by atoms with Crippen molar-refractivity contribution in [1.29, 1.82) is 0 Å². The topological polar surface area (TPSA) is 88.1 Å². The van der Waals surface area contributed by atoms with Crippen LogP contribution in [-0.4, -0.2) is 17.9 Å². The van der Waals surface area contributed by atoms with E-state index in [9.17, 15) is 14.4 Å². The molecule has 2 aliphatic heterocycles. The highest BCUT2D eigenvalue weighted by Gasteiger charge is 2.53. The number of esters is 3. The third-order valence-corrected chi connectivity index (χ3v) is 7.65. The third kappa shape index (κ3) is 4.42. The lowest BCUT2D eigenvalue weighted by Gasteiger charge is -2.36. The number of benzene rings is 5. The van der Waals surface area contributed by atoms with Gasteiger partial charge in [0.05, 0.1) is 16.7 Å². The van der Waals surface area contributed by atoms with Crippen LogP contribution in [0.3, 0.4) is 0 Å². The summed E-state index contributed by atoms with van der Waals surface area (Å²) in [7, 11) is 0. The second-order valence-corrected chi connectivity index (χ2v) is 10.5. The van der Waals surface area contributed by atoms with Gasteiger partial charge in [-0.2, -0.15) is 0 Å². The minimum absolute atomic E-state index is 0.252. The molecule has 0 saturated heterocycles. The minimum Gasteiger partial charge on any atom is -0.456 e. The van der Waals surface area contributed by atoms with E-state index in [0.29, 0.717) is 44.9 Å². The average Bonchev–Trinajstić information content (AvgIpc) is 3.30. The first-order valence-corrected chi connectivity index (χ1v) is 13.7. The molecular formula is C36H24O7. The summed E-state index contributed by atoms with van der Waals surface area (Å²) in [4.78, 5) is 38.8. The van der Waals surface area contributed by atoms with Gasteiger partial charge in [0.15, 0.2) is 5.60 Å². The Bertz CT molecular complexity index is 1830. The summed E-state index contributed by atoms with van der Waals surface area (Å²) in [6.45, 7) is 3.87. The predicted molar refractivity (Wildman–Crippen MR) is 157 cm³/mol. The first kappa shape index (κ1) is 26.2. The van der Waals surface area contributed by atoms with E-state index in [1.165, 1.54) is 0 Å². The van der Waals surface area contributed by atoms with Crippen LogP contribution in [0.15, 0.2) is 109 Å². The number of ether oxygens (including phenoxy) is 4. The van der Waals surface area contributed by atoms with E-state index >= 15 is 0 Å². The Balaban J connectivity index is 1.29. The fourth-order valence-electron chi connectivity index (χ4n) is 5.47. The van der Waals surface area contributed by atoms with E-state index in [1.807, 2.05) is 50.2 Å². The number of fused-ring (bicyclic) bond motifs is 6. The summed E-state index contributed by atoms with van der Waals surface area (Å²) in [6, 6.07) is 31.3. The molecule has 7 nitrogen and oxygen atoms in total. The van der Waals surface area contributed by atoms with Crippen molar-refractivity contribution >= 4 is 17.9 Å². The van der Waals surface area contributed by atoms with E-state index < -0.39 is 23.5 Å². The molecule has 7 rings (SSSR count). The number of hydrogen-bond donors (Lipinski definition) is 0. The lowest BCUT2D eigenvalue weighted by Crippen LogP contribution is -2.33. The van der Waals surface area contributed by atoms with E-state index in [4.69, 9.17) is 18.9 Å².